The van der Waals surface area contributed by atoms with E-state index in [2.05, 4.69) is 20.9 Å². The van der Waals surface area contributed by atoms with E-state index >= 15 is 0 Å². The molecule has 1 aromatic heterocycles. The summed E-state index contributed by atoms with van der Waals surface area (Å²) in [7, 11) is 0. The van der Waals surface area contributed by atoms with Crippen molar-refractivity contribution in [3.8, 4) is 5.75 Å². The molecule has 1 unspecified atom stereocenters. The number of ether oxygens (including phenoxy) is 1. The van der Waals surface area contributed by atoms with Crippen LogP contribution in [-0.2, 0) is 17.8 Å². The fourth-order valence-corrected chi connectivity index (χ4v) is 2.98. The highest BCUT2D eigenvalue weighted by atomic mass is 79.9. The number of halogens is 1. The molecule has 0 saturated carbocycles. The Labute approximate surface area is 138 Å². The highest BCUT2D eigenvalue weighted by Gasteiger charge is 2.27. The van der Waals surface area contributed by atoms with Crippen LogP contribution in [0, 0.1) is 0 Å². The minimum absolute atomic E-state index is 0.0291. The lowest BCUT2D eigenvalue weighted by molar-refractivity contribution is -0.137. The summed E-state index contributed by atoms with van der Waals surface area (Å²) < 4.78 is 6.78. The molecule has 5 heteroatoms. The molecule has 1 aromatic carbocycles. The predicted molar refractivity (Wildman–Crippen MR) is 87.6 cm³/mol. The van der Waals surface area contributed by atoms with E-state index in [-0.39, 0.29) is 5.91 Å². The number of pyridine rings is 1. The summed E-state index contributed by atoms with van der Waals surface area (Å²) >= 11 is 3.48. The van der Waals surface area contributed by atoms with E-state index in [0.717, 1.165) is 22.2 Å². The molecule has 22 heavy (non-hydrogen) atoms. The summed E-state index contributed by atoms with van der Waals surface area (Å²) in [5, 5.41) is 0. The normalized spacial score (nSPS) is 17.6. The molecule has 0 fully saturated rings. The zero-order valence-corrected chi connectivity index (χ0v) is 13.9. The number of carbonyl (C=O) groups excluding carboxylic acids is 1. The van der Waals surface area contributed by atoms with Gasteiger partial charge >= 0.3 is 0 Å². The second-order valence-electron chi connectivity index (χ2n) is 5.38. The first-order chi connectivity index (χ1) is 10.6. The van der Waals surface area contributed by atoms with Gasteiger partial charge in [-0.25, -0.2) is 0 Å². The van der Waals surface area contributed by atoms with Crippen molar-refractivity contribution in [2.45, 2.75) is 26.0 Å². The highest BCUT2D eigenvalue weighted by Crippen LogP contribution is 2.28. The number of hydrogen-bond donors (Lipinski definition) is 0. The molecule has 4 nitrogen and oxygen atoms in total. The van der Waals surface area contributed by atoms with Crippen molar-refractivity contribution in [3.63, 3.8) is 0 Å². The Morgan fingerprint density at radius 2 is 2.09 bits per heavy atom. The molecule has 1 atom stereocenters. The summed E-state index contributed by atoms with van der Waals surface area (Å²) in [6, 6.07) is 9.82. The topological polar surface area (TPSA) is 42.4 Å². The van der Waals surface area contributed by atoms with Gasteiger partial charge in [0, 0.05) is 35.5 Å². The fourth-order valence-electron chi connectivity index (χ4n) is 2.57. The third-order valence-corrected chi connectivity index (χ3v) is 4.26. The van der Waals surface area contributed by atoms with Gasteiger partial charge in [0.2, 0.25) is 0 Å². The van der Waals surface area contributed by atoms with Crippen LogP contribution in [0.2, 0.25) is 0 Å². The van der Waals surface area contributed by atoms with Gasteiger partial charge < -0.3 is 9.64 Å². The Morgan fingerprint density at radius 3 is 2.86 bits per heavy atom. The lowest BCUT2D eigenvalue weighted by Crippen LogP contribution is -2.39. The molecule has 2 aromatic rings. The van der Waals surface area contributed by atoms with Gasteiger partial charge in [-0.05, 0) is 49.2 Å². The van der Waals surface area contributed by atoms with Gasteiger partial charge in [0.15, 0.2) is 6.10 Å². The fraction of sp³-hybridized carbons (Fsp3) is 0.294. The maximum atomic E-state index is 12.5. The smallest absolute Gasteiger partial charge is 0.263 e. The van der Waals surface area contributed by atoms with Crippen LogP contribution in [-0.4, -0.2) is 28.4 Å². The van der Waals surface area contributed by atoms with Gasteiger partial charge in [0.05, 0.1) is 0 Å². The van der Waals surface area contributed by atoms with Crippen molar-refractivity contribution in [1.29, 1.82) is 0 Å². The second-order valence-corrected chi connectivity index (χ2v) is 6.29. The van der Waals surface area contributed by atoms with E-state index in [1.807, 2.05) is 35.2 Å². The maximum Gasteiger partial charge on any atom is 0.263 e. The van der Waals surface area contributed by atoms with Crippen molar-refractivity contribution in [3.05, 3.63) is 58.3 Å². The largest absolute Gasteiger partial charge is 0.481 e. The molecule has 0 aliphatic carbocycles. The molecule has 1 aliphatic rings. The van der Waals surface area contributed by atoms with E-state index in [4.69, 9.17) is 4.74 Å². The minimum atomic E-state index is -0.458. The van der Waals surface area contributed by atoms with Gasteiger partial charge in [0.1, 0.15) is 5.75 Å². The number of nitrogens with zero attached hydrogens (tertiary/aromatic N) is 2. The maximum absolute atomic E-state index is 12.5. The van der Waals surface area contributed by atoms with Gasteiger partial charge in [0.25, 0.3) is 5.91 Å². The number of amides is 1. The Bertz CT molecular complexity index is 676. The van der Waals surface area contributed by atoms with Crippen LogP contribution < -0.4 is 4.74 Å². The van der Waals surface area contributed by atoms with Crippen LogP contribution in [0.25, 0.3) is 0 Å². The Morgan fingerprint density at radius 1 is 1.32 bits per heavy atom. The van der Waals surface area contributed by atoms with E-state index in [9.17, 15) is 4.79 Å². The monoisotopic (exact) mass is 360 g/mol. The second kappa shape index (κ2) is 6.48. The molecule has 114 valence electrons. The molecule has 0 saturated heterocycles. The molecule has 0 bridgehead atoms. The molecule has 0 spiro atoms. The van der Waals surface area contributed by atoms with Crippen LogP contribution in [0.15, 0.2) is 47.2 Å². The van der Waals surface area contributed by atoms with E-state index in [1.165, 1.54) is 5.56 Å². The van der Waals surface area contributed by atoms with Gasteiger partial charge in [-0.15, -0.1) is 0 Å². The average molecular weight is 361 g/mol. The first-order valence-corrected chi connectivity index (χ1v) is 8.05. The number of rotatable bonds is 3. The van der Waals surface area contributed by atoms with E-state index in [0.29, 0.717) is 13.1 Å². The Hall–Kier alpha value is -1.88. The predicted octanol–water partition coefficient (Wildman–Crippen LogP) is 3.20. The zero-order chi connectivity index (χ0) is 15.5. The first-order valence-electron chi connectivity index (χ1n) is 7.26. The lowest BCUT2D eigenvalue weighted by atomic mass is 10.1. The molecule has 0 N–H and O–H groups in total. The van der Waals surface area contributed by atoms with Crippen LogP contribution in [0.4, 0.5) is 0 Å². The van der Waals surface area contributed by atoms with Crippen LogP contribution in [0.1, 0.15) is 18.1 Å². The molecular formula is C17H17BrN2O2. The van der Waals surface area contributed by atoms with Gasteiger partial charge in [-0.1, -0.05) is 15.9 Å². The van der Waals surface area contributed by atoms with Crippen molar-refractivity contribution in [2.75, 3.05) is 6.54 Å². The third-order valence-electron chi connectivity index (χ3n) is 3.77. The van der Waals surface area contributed by atoms with Crippen LogP contribution in [0.5, 0.6) is 5.75 Å². The molecule has 2 heterocycles. The number of benzene rings is 1. The number of fused-ring (bicyclic) bond motifs is 1. The molecule has 1 amide bonds. The third kappa shape index (κ3) is 3.30. The summed E-state index contributed by atoms with van der Waals surface area (Å²) in [5.41, 5.74) is 2.21. The minimum Gasteiger partial charge on any atom is -0.481 e. The van der Waals surface area contributed by atoms with Crippen molar-refractivity contribution >= 4 is 21.8 Å². The average Bonchev–Trinajstić information content (AvgIpc) is 2.64. The first kappa shape index (κ1) is 15.0. The van der Waals surface area contributed by atoms with Crippen LogP contribution >= 0.6 is 15.9 Å². The van der Waals surface area contributed by atoms with Gasteiger partial charge in [-0.2, -0.15) is 0 Å². The molecular weight excluding hydrogens is 344 g/mol. The van der Waals surface area contributed by atoms with Gasteiger partial charge in [-0.3, -0.25) is 9.78 Å². The van der Waals surface area contributed by atoms with Crippen molar-refractivity contribution in [1.82, 2.24) is 9.88 Å². The lowest BCUT2D eigenvalue weighted by Gasteiger charge is -2.22. The Balaban J connectivity index is 1.79. The molecule has 3 rings (SSSR count). The molecule has 1 aliphatic heterocycles. The number of aromatic nitrogens is 1. The standard InChI is InChI=1S/C17H17BrN2O2/c1-12-17(21)20(9-6-13-4-7-19-8-5-13)11-14-10-15(18)2-3-16(14)22-12/h2-5,7-8,10,12H,6,9,11H2,1H3. The number of hydrogen-bond acceptors (Lipinski definition) is 3. The quantitative estimate of drug-likeness (QED) is 0.843. The van der Waals surface area contributed by atoms with E-state index < -0.39 is 6.10 Å². The van der Waals surface area contributed by atoms with E-state index in [1.54, 1.807) is 19.3 Å². The summed E-state index contributed by atoms with van der Waals surface area (Å²) in [5.74, 6) is 0.817. The van der Waals surface area contributed by atoms with Crippen LogP contribution in [0.3, 0.4) is 0 Å². The Kier molecular flexibility index (Phi) is 4.43. The summed E-state index contributed by atoms with van der Waals surface area (Å²) in [4.78, 5) is 18.4. The van der Waals surface area contributed by atoms with Crippen molar-refractivity contribution < 1.29 is 9.53 Å². The zero-order valence-electron chi connectivity index (χ0n) is 12.3. The SMILES string of the molecule is CC1Oc2ccc(Br)cc2CN(CCc2ccncc2)C1=O. The highest BCUT2D eigenvalue weighted by molar-refractivity contribution is 9.10. The number of carbonyl (C=O) groups is 1. The molecule has 0 radical (unpaired) electrons. The summed E-state index contributed by atoms with van der Waals surface area (Å²) in [6.07, 6.45) is 3.90. The summed E-state index contributed by atoms with van der Waals surface area (Å²) in [6.45, 7) is 3.05. The van der Waals surface area contributed by atoms with Crippen molar-refractivity contribution in [2.24, 2.45) is 0 Å².